The minimum atomic E-state index is 0.183. The van der Waals surface area contributed by atoms with Gasteiger partial charge in [0.05, 0.1) is 0 Å². The first kappa shape index (κ1) is 17.8. The highest BCUT2D eigenvalue weighted by Crippen LogP contribution is 2.42. The van der Waals surface area contributed by atoms with Crippen LogP contribution in [-0.2, 0) is 6.42 Å². The molecule has 0 saturated carbocycles. The number of benzene rings is 1. The molecule has 2 unspecified atom stereocenters. The zero-order valence-electron chi connectivity index (χ0n) is 16.2. The van der Waals surface area contributed by atoms with Crippen molar-refractivity contribution in [2.75, 3.05) is 13.1 Å². The second kappa shape index (κ2) is 7.56. The summed E-state index contributed by atoms with van der Waals surface area (Å²) in [5.41, 5.74) is 3.44. The fourth-order valence-electron chi connectivity index (χ4n) is 4.99. The van der Waals surface area contributed by atoms with Gasteiger partial charge in [-0.2, -0.15) is 0 Å². The lowest BCUT2D eigenvalue weighted by Gasteiger charge is -2.42. The lowest BCUT2D eigenvalue weighted by molar-refractivity contribution is 0.0924. The number of ketones is 1. The van der Waals surface area contributed by atoms with Crippen LogP contribution in [0.4, 0.5) is 0 Å². The number of hydrogen-bond acceptors (Lipinski definition) is 3. The normalized spacial score (nSPS) is 23.9. The van der Waals surface area contributed by atoms with E-state index >= 15 is 0 Å². The van der Waals surface area contributed by atoms with Gasteiger partial charge in [0, 0.05) is 23.4 Å². The van der Waals surface area contributed by atoms with E-state index in [4.69, 9.17) is 4.42 Å². The second-order valence-corrected chi connectivity index (χ2v) is 8.11. The topological polar surface area (TPSA) is 33.5 Å². The van der Waals surface area contributed by atoms with Crippen molar-refractivity contribution >= 4 is 16.8 Å². The first-order valence-corrected chi connectivity index (χ1v) is 10.5. The summed E-state index contributed by atoms with van der Waals surface area (Å²) in [5, 5.41) is 1.19. The van der Waals surface area contributed by atoms with E-state index in [0.717, 1.165) is 31.4 Å². The maximum absolute atomic E-state index is 12.8. The van der Waals surface area contributed by atoms with E-state index in [-0.39, 0.29) is 5.78 Å². The van der Waals surface area contributed by atoms with Crippen molar-refractivity contribution in [3.63, 3.8) is 0 Å². The molecule has 4 rings (SSSR count). The van der Waals surface area contributed by atoms with Crippen LogP contribution < -0.4 is 0 Å². The highest BCUT2D eigenvalue weighted by atomic mass is 16.3. The van der Waals surface area contributed by atoms with Crippen LogP contribution in [0.25, 0.3) is 11.0 Å². The van der Waals surface area contributed by atoms with Crippen molar-refractivity contribution in [2.45, 2.75) is 77.2 Å². The Kier molecular flexibility index (Phi) is 5.17. The summed E-state index contributed by atoms with van der Waals surface area (Å²) in [4.78, 5) is 15.5. The summed E-state index contributed by atoms with van der Waals surface area (Å²) < 4.78 is 6.14. The van der Waals surface area contributed by atoms with E-state index < -0.39 is 0 Å². The third-order valence-electron chi connectivity index (χ3n) is 6.41. The Bertz CT molecular complexity index is 791. The Morgan fingerprint density at radius 3 is 2.88 bits per heavy atom. The molecule has 26 heavy (non-hydrogen) atoms. The average molecular weight is 354 g/mol. The van der Waals surface area contributed by atoms with Crippen LogP contribution >= 0.6 is 0 Å². The number of aryl methyl sites for hydroxylation is 1. The third kappa shape index (κ3) is 3.22. The molecule has 3 heteroatoms. The molecule has 3 nitrogen and oxygen atoms in total. The highest BCUT2D eigenvalue weighted by molar-refractivity contribution is 6.00. The zero-order valence-corrected chi connectivity index (χ0v) is 16.2. The monoisotopic (exact) mass is 353 g/mol. The van der Waals surface area contributed by atoms with Gasteiger partial charge in [0.1, 0.15) is 5.58 Å². The molecule has 1 aromatic heterocycles. The predicted octanol–water partition coefficient (Wildman–Crippen LogP) is 5.71. The van der Waals surface area contributed by atoms with Crippen molar-refractivity contribution in [2.24, 2.45) is 0 Å². The van der Waals surface area contributed by atoms with Crippen molar-refractivity contribution in [1.29, 1.82) is 0 Å². The van der Waals surface area contributed by atoms with E-state index in [0.29, 0.717) is 24.1 Å². The van der Waals surface area contributed by atoms with Gasteiger partial charge in [-0.1, -0.05) is 26.3 Å². The summed E-state index contributed by atoms with van der Waals surface area (Å²) in [6.07, 6.45) is 8.79. The predicted molar refractivity (Wildman–Crippen MR) is 106 cm³/mol. The van der Waals surface area contributed by atoms with Gasteiger partial charge in [0.15, 0.2) is 11.5 Å². The van der Waals surface area contributed by atoms with E-state index in [9.17, 15) is 4.79 Å². The van der Waals surface area contributed by atoms with Gasteiger partial charge < -0.3 is 9.32 Å². The molecule has 2 atom stereocenters. The second-order valence-electron chi connectivity index (χ2n) is 8.11. The van der Waals surface area contributed by atoms with Gasteiger partial charge in [-0.05, 0) is 75.2 Å². The fourth-order valence-corrected chi connectivity index (χ4v) is 4.99. The molecule has 2 aromatic rings. The number of carbonyl (C=O) groups is 1. The first-order chi connectivity index (χ1) is 12.7. The van der Waals surface area contributed by atoms with Crippen LogP contribution in [0.2, 0.25) is 0 Å². The summed E-state index contributed by atoms with van der Waals surface area (Å²) in [6, 6.07) is 7.16. The van der Waals surface area contributed by atoms with Crippen LogP contribution in [0.15, 0.2) is 22.6 Å². The van der Waals surface area contributed by atoms with Crippen molar-refractivity contribution < 1.29 is 9.21 Å². The number of carbonyl (C=O) groups excluding carboxylic acids is 1. The molecule has 140 valence electrons. The SMILES string of the molecule is CCCC(=O)c1oc2ccc(CC)cc2c1C1CCN2CCCCC2C1. The molecule has 0 amide bonds. The zero-order chi connectivity index (χ0) is 18.1. The van der Waals surface area contributed by atoms with Crippen LogP contribution in [0.5, 0.6) is 0 Å². The van der Waals surface area contributed by atoms with E-state index in [1.54, 1.807) is 0 Å². The third-order valence-corrected chi connectivity index (χ3v) is 6.41. The van der Waals surface area contributed by atoms with Crippen LogP contribution in [0.3, 0.4) is 0 Å². The number of Topliss-reactive ketones (excluding diaryl/α,β-unsaturated/α-hetero) is 1. The Morgan fingerprint density at radius 2 is 2.08 bits per heavy atom. The molecule has 2 aliphatic heterocycles. The molecule has 2 aliphatic rings. The van der Waals surface area contributed by atoms with E-state index in [1.165, 1.54) is 48.7 Å². The lowest BCUT2D eigenvalue weighted by Crippen LogP contribution is -2.44. The van der Waals surface area contributed by atoms with Gasteiger partial charge >= 0.3 is 0 Å². The van der Waals surface area contributed by atoms with Gasteiger partial charge in [0.25, 0.3) is 0 Å². The maximum Gasteiger partial charge on any atom is 0.198 e. The summed E-state index contributed by atoms with van der Waals surface area (Å²) >= 11 is 0. The fraction of sp³-hybridized carbons (Fsp3) is 0.609. The number of piperidine rings is 2. The standard InChI is InChI=1S/C23H31NO2/c1-3-7-20(25)23-22(19-14-16(4-2)9-10-21(19)26-23)17-11-13-24-12-6-5-8-18(24)15-17/h9-10,14,17-18H,3-8,11-13,15H2,1-2H3. The smallest absolute Gasteiger partial charge is 0.198 e. The first-order valence-electron chi connectivity index (χ1n) is 10.5. The number of furan rings is 1. The number of rotatable bonds is 5. The molecule has 1 aromatic carbocycles. The summed E-state index contributed by atoms with van der Waals surface area (Å²) in [5.74, 6) is 1.30. The van der Waals surface area contributed by atoms with E-state index in [2.05, 4.69) is 36.9 Å². The van der Waals surface area contributed by atoms with Crippen molar-refractivity contribution in [3.05, 3.63) is 35.1 Å². The minimum Gasteiger partial charge on any atom is -0.453 e. The van der Waals surface area contributed by atoms with Crippen LogP contribution in [0, 0.1) is 0 Å². The Labute approximate surface area is 156 Å². The molecule has 0 N–H and O–H groups in total. The van der Waals surface area contributed by atoms with Gasteiger partial charge in [-0.25, -0.2) is 0 Å². The summed E-state index contributed by atoms with van der Waals surface area (Å²) in [6.45, 7) is 6.67. The van der Waals surface area contributed by atoms with E-state index in [1.807, 2.05) is 0 Å². The quantitative estimate of drug-likeness (QED) is 0.646. The molecule has 0 spiro atoms. The number of fused-ring (bicyclic) bond motifs is 2. The number of hydrogen-bond donors (Lipinski definition) is 0. The molecule has 0 radical (unpaired) electrons. The largest absolute Gasteiger partial charge is 0.453 e. The molecule has 0 bridgehead atoms. The van der Waals surface area contributed by atoms with Crippen LogP contribution in [-0.4, -0.2) is 29.8 Å². The van der Waals surface area contributed by atoms with Crippen molar-refractivity contribution in [3.8, 4) is 0 Å². The molecule has 2 fully saturated rings. The molecule has 3 heterocycles. The maximum atomic E-state index is 12.8. The minimum absolute atomic E-state index is 0.183. The average Bonchev–Trinajstić information content (AvgIpc) is 3.06. The highest BCUT2D eigenvalue weighted by Gasteiger charge is 2.34. The molecule has 2 saturated heterocycles. The van der Waals surface area contributed by atoms with Crippen molar-refractivity contribution in [1.82, 2.24) is 4.90 Å². The Balaban J connectivity index is 1.75. The summed E-state index contributed by atoms with van der Waals surface area (Å²) in [7, 11) is 0. The Hall–Kier alpha value is -1.61. The van der Waals surface area contributed by atoms with Gasteiger partial charge in [0.2, 0.25) is 0 Å². The lowest BCUT2D eigenvalue weighted by atomic mass is 9.80. The Morgan fingerprint density at radius 1 is 1.19 bits per heavy atom. The van der Waals surface area contributed by atoms with Crippen LogP contribution in [0.1, 0.15) is 86.4 Å². The molecule has 0 aliphatic carbocycles. The van der Waals surface area contributed by atoms with Gasteiger partial charge in [-0.3, -0.25) is 4.79 Å². The molecular formula is C23H31NO2. The molecular weight excluding hydrogens is 322 g/mol. The number of nitrogens with zero attached hydrogens (tertiary/aromatic N) is 1. The van der Waals surface area contributed by atoms with Gasteiger partial charge in [-0.15, -0.1) is 0 Å².